The van der Waals surface area contributed by atoms with E-state index in [2.05, 4.69) is 11.0 Å². The molecule has 0 amide bonds. The lowest BCUT2D eigenvalue weighted by atomic mass is 9.95. The molecule has 2 atom stereocenters. The van der Waals surface area contributed by atoms with E-state index in [9.17, 15) is 10.2 Å². The molecule has 0 aromatic heterocycles. The Morgan fingerprint density at radius 3 is 3.05 bits per heavy atom. The first kappa shape index (κ1) is 15.8. The van der Waals surface area contributed by atoms with E-state index in [1.807, 2.05) is 6.92 Å². The standard InChI is InChI=1S/C16H22N2O3/c1-16(20)6-3-7-18(12-16)10-14(19)11-21-15-5-2-4-13(8-15)9-17/h2,4-5,8,14,19-20H,3,6-7,10-12H2,1H3. The molecule has 2 rings (SSSR count). The molecule has 1 fully saturated rings. The molecule has 114 valence electrons. The number of benzene rings is 1. The first-order valence-electron chi connectivity index (χ1n) is 7.24. The Balaban J connectivity index is 1.79. The van der Waals surface area contributed by atoms with Crippen LogP contribution in [0.2, 0.25) is 0 Å². The highest BCUT2D eigenvalue weighted by atomic mass is 16.5. The van der Waals surface area contributed by atoms with Gasteiger partial charge in [0.25, 0.3) is 0 Å². The van der Waals surface area contributed by atoms with Gasteiger partial charge in [-0.05, 0) is 44.5 Å². The summed E-state index contributed by atoms with van der Waals surface area (Å²) in [6, 6.07) is 8.93. The van der Waals surface area contributed by atoms with Gasteiger partial charge in [0.05, 0.1) is 17.2 Å². The van der Waals surface area contributed by atoms with Crippen LogP contribution in [0.25, 0.3) is 0 Å². The van der Waals surface area contributed by atoms with Crippen molar-refractivity contribution in [2.75, 3.05) is 26.2 Å². The second-order valence-electron chi connectivity index (χ2n) is 5.94. The van der Waals surface area contributed by atoms with Gasteiger partial charge in [-0.2, -0.15) is 5.26 Å². The third-order valence-electron chi connectivity index (χ3n) is 3.63. The van der Waals surface area contributed by atoms with E-state index in [4.69, 9.17) is 10.00 Å². The van der Waals surface area contributed by atoms with Gasteiger partial charge >= 0.3 is 0 Å². The van der Waals surface area contributed by atoms with Crippen molar-refractivity contribution in [3.05, 3.63) is 29.8 Å². The molecular formula is C16H22N2O3. The monoisotopic (exact) mass is 290 g/mol. The molecule has 21 heavy (non-hydrogen) atoms. The maximum Gasteiger partial charge on any atom is 0.120 e. The SMILES string of the molecule is CC1(O)CCCN(CC(O)COc2cccc(C#N)c2)C1. The Hall–Kier alpha value is -1.61. The molecule has 0 saturated carbocycles. The van der Waals surface area contributed by atoms with Crippen molar-refractivity contribution < 1.29 is 14.9 Å². The maximum absolute atomic E-state index is 10.0. The van der Waals surface area contributed by atoms with Gasteiger partial charge in [-0.25, -0.2) is 0 Å². The van der Waals surface area contributed by atoms with Crippen LogP contribution in [0.15, 0.2) is 24.3 Å². The van der Waals surface area contributed by atoms with E-state index >= 15 is 0 Å². The number of β-amino-alcohol motifs (C(OH)–C–C–N with tert-alkyl or cyclic N) is 2. The third-order valence-corrected chi connectivity index (χ3v) is 3.63. The summed E-state index contributed by atoms with van der Waals surface area (Å²) in [6.45, 7) is 3.95. The Bertz CT molecular complexity index is 510. The minimum Gasteiger partial charge on any atom is -0.491 e. The zero-order valence-electron chi connectivity index (χ0n) is 12.3. The Morgan fingerprint density at radius 1 is 1.52 bits per heavy atom. The van der Waals surface area contributed by atoms with E-state index in [1.54, 1.807) is 24.3 Å². The summed E-state index contributed by atoms with van der Waals surface area (Å²) in [6.07, 6.45) is 1.12. The van der Waals surface area contributed by atoms with Crippen molar-refractivity contribution in [3.8, 4) is 11.8 Å². The Kier molecular flexibility index (Phi) is 5.18. The predicted molar refractivity (Wildman–Crippen MR) is 79.0 cm³/mol. The van der Waals surface area contributed by atoms with Gasteiger partial charge in [0, 0.05) is 13.1 Å². The molecule has 1 aromatic carbocycles. The maximum atomic E-state index is 10.0. The zero-order valence-corrected chi connectivity index (χ0v) is 12.3. The molecule has 5 heteroatoms. The van der Waals surface area contributed by atoms with Crippen LogP contribution < -0.4 is 4.74 Å². The molecule has 1 saturated heterocycles. The highest BCUT2D eigenvalue weighted by Crippen LogP contribution is 2.20. The molecule has 2 unspecified atom stereocenters. The van der Waals surface area contributed by atoms with Crippen LogP contribution in [-0.2, 0) is 0 Å². The Labute approximate surface area is 125 Å². The van der Waals surface area contributed by atoms with E-state index in [0.717, 1.165) is 19.4 Å². The van der Waals surface area contributed by atoms with Crippen LogP contribution in [0.3, 0.4) is 0 Å². The van der Waals surface area contributed by atoms with E-state index in [1.165, 1.54) is 0 Å². The summed E-state index contributed by atoms with van der Waals surface area (Å²) in [5.74, 6) is 0.582. The largest absolute Gasteiger partial charge is 0.491 e. The molecular weight excluding hydrogens is 268 g/mol. The molecule has 1 aliphatic rings. The fourth-order valence-electron chi connectivity index (χ4n) is 2.68. The quantitative estimate of drug-likeness (QED) is 0.850. The predicted octanol–water partition coefficient (Wildman–Crippen LogP) is 1.14. The third kappa shape index (κ3) is 5.01. The molecule has 1 aliphatic heterocycles. The number of ether oxygens (including phenoxy) is 1. The lowest BCUT2D eigenvalue weighted by molar-refractivity contribution is -0.0323. The fraction of sp³-hybridized carbons (Fsp3) is 0.562. The summed E-state index contributed by atoms with van der Waals surface area (Å²) in [5, 5.41) is 28.9. The molecule has 0 aliphatic carbocycles. The molecule has 0 spiro atoms. The van der Waals surface area contributed by atoms with E-state index < -0.39 is 11.7 Å². The van der Waals surface area contributed by atoms with Crippen LogP contribution in [0.4, 0.5) is 0 Å². The number of aliphatic hydroxyl groups is 2. The van der Waals surface area contributed by atoms with Gasteiger partial charge in [-0.3, -0.25) is 4.90 Å². The Morgan fingerprint density at radius 2 is 2.33 bits per heavy atom. The summed E-state index contributed by atoms with van der Waals surface area (Å²) in [4.78, 5) is 2.06. The molecule has 5 nitrogen and oxygen atoms in total. The second kappa shape index (κ2) is 6.90. The highest BCUT2D eigenvalue weighted by Gasteiger charge is 2.29. The summed E-state index contributed by atoms with van der Waals surface area (Å²) in [5.41, 5.74) is -0.131. The van der Waals surface area contributed by atoms with Crippen LogP contribution in [0.5, 0.6) is 5.75 Å². The highest BCUT2D eigenvalue weighted by molar-refractivity contribution is 5.36. The number of piperidine rings is 1. The van der Waals surface area contributed by atoms with Crippen LogP contribution in [-0.4, -0.2) is 53.1 Å². The number of nitriles is 1. The number of aliphatic hydroxyl groups excluding tert-OH is 1. The average Bonchev–Trinajstić information content (AvgIpc) is 2.44. The molecule has 1 heterocycles. The first-order chi connectivity index (χ1) is 9.98. The average molecular weight is 290 g/mol. The van der Waals surface area contributed by atoms with Crippen molar-refractivity contribution in [2.45, 2.75) is 31.5 Å². The van der Waals surface area contributed by atoms with Crippen LogP contribution in [0, 0.1) is 11.3 Å². The number of rotatable bonds is 5. The van der Waals surface area contributed by atoms with Crippen LogP contribution in [0.1, 0.15) is 25.3 Å². The molecule has 1 aromatic rings. The van der Waals surface area contributed by atoms with E-state index in [0.29, 0.717) is 24.4 Å². The first-order valence-corrected chi connectivity index (χ1v) is 7.24. The van der Waals surface area contributed by atoms with Gasteiger partial charge in [-0.15, -0.1) is 0 Å². The number of likely N-dealkylation sites (tertiary alicyclic amines) is 1. The lowest BCUT2D eigenvalue weighted by Gasteiger charge is -2.37. The van der Waals surface area contributed by atoms with Crippen molar-refractivity contribution in [3.63, 3.8) is 0 Å². The fourth-order valence-corrected chi connectivity index (χ4v) is 2.68. The van der Waals surface area contributed by atoms with Crippen LogP contribution >= 0.6 is 0 Å². The van der Waals surface area contributed by atoms with Gasteiger partial charge in [-0.1, -0.05) is 6.07 Å². The van der Waals surface area contributed by atoms with Gasteiger partial charge in [0.15, 0.2) is 0 Å². The molecule has 0 bridgehead atoms. The molecule has 2 N–H and O–H groups in total. The topological polar surface area (TPSA) is 76.7 Å². The normalized spacial score (nSPS) is 24.3. The zero-order chi connectivity index (χ0) is 15.3. The number of hydrogen-bond donors (Lipinski definition) is 2. The van der Waals surface area contributed by atoms with Crippen molar-refractivity contribution in [1.82, 2.24) is 4.90 Å². The smallest absolute Gasteiger partial charge is 0.120 e. The minimum absolute atomic E-state index is 0.174. The summed E-state index contributed by atoms with van der Waals surface area (Å²) >= 11 is 0. The van der Waals surface area contributed by atoms with Gasteiger partial charge in [0.1, 0.15) is 18.5 Å². The minimum atomic E-state index is -0.667. The van der Waals surface area contributed by atoms with E-state index in [-0.39, 0.29) is 6.61 Å². The van der Waals surface area contributed by atoms with Crippen molar-refractivity contribution in [1.29, 1.82) is 5.26 Å². The molecule has 0 radical (unpaired) electrons. The summed E-state index contributed by atoms with van der Waals surface area (Å²) < 4.78 is 5.51. The van der Waals surface area contributed by atoms with Crippen molar-refractivity contribution in [2.24, 2.45) is 0 Å². The number of nitrogens with zero attached hydrogens (tertiary/aromatic N) is 2. The second-order valence-corrected chi connectivity index (χ2v) is 5.94. The lowest BCUT2D eigenvalue weighted by Crippen LogP contribution is -2.49. The summed E-state index contributed by atoms with van der Waals surface area (Å²) in [7, 11) is 0. The van der Waals surface area contributed by atoms with Crippen molar-refractivity contribution >= 4 is 0 Å². The van der Waals surface area contributed by atoms with Gasteiger partial charge < -0.3 is 14.9 Å². The number of hydrogen-bond acceptors (Lipinski definition) is 5. The van der Waals surface area contributed by atoms with Gasteiger partial charge in [0.2, 0.25) is 0 Å².